The van der Waals surface area contributed by atoms with Gasteiger partial charge in [-0.15, -0.1) is 11.3 Å². The number of nitrogens with one attached hydrogen (secondary N) is 2. The van der Waals surface area contributed by atoms with E-state index in [-0.39, 0.29) is 6.04 Å². The zero-order chi connectivity index (χ0) is 18.7. The van der Waals surface area contributed by atoms with Gasteiger partial charge in [-0.25, -0.2) is 9.59 Å². The minimum Gasteiger partial charge on any atom is -0.452 e. The van der Waals surface area contributed by atoms with E-state index in [1.165, 1.54) is 4.88 Å². The summed E-state index contributed by atoms with van der Waals surface area (Å²) in [6.45, 7) is 3.96. The number of hydrogen-bond acceptors (Lipinski definition) is 5. The van der Waals surface area contributed by atoms with Crippen LogP contribution in [0, 0.1) is 13.8 Å². The van der Waals surface area contributed by atoms with E-state index in [2.05, 4.69) is 10.6 Å². The smallest absolute Gasteiger partial charge is 0.340 e. The third-order valence-electron chi connectivity index (χ3n) is 4.19. The number of ether oxygens (including phenoxy) is 1. The zero-order valence-corrected chi connectivity index (χ0v) is 15.5. The first-order valence-corrected chi connectivity index (χ1v) is 9.28. The largest absolute Gasteiger partial charge is 0.452 e. The van der Waals surface area contributed by atoms with E-state index < -0.39 is 24.5 Å². The minimum atomic E-state index is -0.649. The lowest BCUT2D eigenvalue weighted by atomic mass is 10.2. The third kappa shape index (κ3) is 4.51. The molecule has 3 rings (SSSR count). The third-order valence-corrected chi connectivity index (χ3v) is 5.05. The standard InChI is InChI=1S/C18H21N3O4S/c1-11-8-15(12(2)21(11)9-14-4-3-7-26-14)17(23)25-10-16(22)20-18(24)19-13-5-6-13/h3-4,7-8,13H,5-6,9-10H2,1-2H3,(H2,19,20,22,24). The SMILES string of the molecule is Cc1cc(C(=O)OCC(=O)NC(=O)NC2CC2)c(C)n1Cc1cccs1. The molecule has 1 saturated carbocycles. The number of aryl methyl sites for hydroxylation is 1. The van der Waals surface area contributed by atoms with Gasteiger partial charge in [0.25, 0.3) is 5.91 Å². The van der Waals surface area contributed by atoms with E-state index in [1.54, 1.807) is 17.4 Å². The van der Waals surface area contributed by atoms with Crippen molar-refractivity contribution in [2.24, 2.45) is 0 Å². The fourth-order valence-corrected chi connectivity index (χ4v) is 3.32. The van der Waals surface area contributed by atoms with Crippen LogP contribution in [0.2, 0.25) is 0 Å². The van der Waals surface area contributed by atoms with Crippen LogP contribution in [0.1, 0.15) is 39.5 Å². The highest BCUT2D eigenvalue weighted by Gasteiger charge is 2.24. The van der Waals surface area contributed by atoms with Crippen molar-refractivity contribution in [3.05, 3.63) is 45.4 Å². The molecule has 0 aromatic carbocycles. The number of aromatic nitrogens is 1. The molecular weight excluding hydrogens is 354 g/mol. The van der Waals surface area contributed by atoms with Gasteiger partial charge >= 0.3 is 12.0 Å². The van der Waals surface area contributed by atoms with Crippen molar-refractivity contribution in [1.29, 1.82) is 0 Å². The summed E-state index contributed by atoms with van der Waals surface area (Å²) in [4.78, 5) is 36.7. The minimum absolute atomic E-state index is 0.152. The molecule has 3 amide bonds. The molecule has 8 heteroatoms. The second kappa shape index (κ2) is 7.74. The fraction of sp³-hybridized carbons (Fsp3) is 0.389. The molecule has 0 aliphatic heterocycles. The van der Waals surface area contributed by atoms with E-state index in [0.29, 0.717) is 12.1 Å². The van der Waals surface area contributed by atoms with E-state index in [0.717, 1.165) is 24.2 Å². The second-order valence-corrected chi connectivity index (χ2v) is 7.35. The van der Waals surface area contributed by atoms with Gasteiger partial charge in [0.2, 0.25) is 0 Å². The maximum absolute atomic E-state index is 12.3. The maximum Gasteiger partial charge on any atom is 0.340 e. The van der Waals surface area contributed by atoms with Gasteiger partial charge in [0.1, 0.15) is 0 Å². The van der Waals surface area contributed by atoms with Crippen molar-refractivity contribution in [3.63, 3.8) is 0 Å². The van der Waals surface area contributed by atoms with E-state index in [4.69, 9.17) is 4.74 Å². The Balaban J connectivity index is 1.55. The highest BCUT2D eigenvalue weighted by atomic mass is 32.1. The molecule has 0 unspecified atom stereocenters. The molecule has 0 atom stereocenters. The van der Waals surface area contributed by atoms with Crippen molar-refractivity contribution in [2.45, 2.75) is 39.3 Å². The molecule has 0 bridgehead atoms. The first-order valence-electron chi connectivity index (χ1n) is 8.40. The number of imide groups is 1. The molecule has 1 aliphatic carbocycles. The summed E-state index contributed by atoms with van der Waals surface area (Å²) >= 11 is 1.65. The summed E-state index contributed by atoms with van der Waals surface area (Å²) < 4.78 is 7.09. The molecule has 1 fully saturated rings. The summed E-state index contributed by atoms with van der Waals surface area (Å²) in [6.07, 6.45) is 1.86. The first-order chi connectivity index (χ1) is 12.4. The summed E-state index contributed by atoms with van der Waals surface area (Å²) in [5.74, 6) is -1.22. The van der Waals surface area contributed by atoms with Crippen LogP contribution in [0.25, 0.3) is 0 Å². The van der Waals surface area contributed by atoms with Crippen LogP contribution in [0.4, 0.5) is 4.79 Å². The quantitative estimate of drug-likeness (QED) is 0.759. The number of rotatable bonds is 6. The second-order valence-electron chi connectivity index (χ2n) is 6.32. The first kappa shape index (κ1) is 18.2. The van der Waals surface area contributed by atoms with Crippen LogP contribution in [0.15, 0.2) is 23.6 Å². The normalized spacial score (nSPS) is 13.3. The van der Waals surface area contributed by atoms with Gasteiger partial charge in [0.05, 0.1) is 12.1 Å². The Hall–Kier alpha value is -2.61. The highest BCUT2D eigenvalue weighted by Crippen LogP contribution is 2.20. The summed E-state index contributed by atoms with van der Waals surface area (Å²) in [5, 5.41) is 6.79. The summed E-state index contributed by atoms with van der Waals surface area (Å²) in [6, 6.07) is 5.38. The van der Waals surface area contributed by atoms with Gasteiger partial charge in [0, 0.05) is 22.3 Å². The predicted molar refractivity (Wildman–Crippen MR) is 97.3 cm³/mol. The number of esters is 1. The molecule has 1 aliphatic rings. The van der Waals surface area contributed by atoms with Crippen LogP contribution >= 0.6 is 11.3 Å². The van der Waals surface area contributed by atoms with Crippen LogP contribution < -0.4 is 10.6 Å². The Labute approximate surface area is 155 Å². The molecule has 2 aromatic rings. The average Bonchev–Trinajstić information content (AvgIpc) is 3.16. The van der Waals surface area contributed by atoms with E-state index in [1.807, 2.05) is 35.9 Å². The molecule has 2 aromatic heterocycles. The lowest BCUT2D eigenvalue weighted by Crippen LogP contribution is -2.42. The average molecular weight is 375 g/mol. The van der Waals surface area contributed by atoms with Crippen molar-refractivity contribution in [1.82, 2.24) is 15.2 Å². The lowest BCUT2D eigenvalue weighted by Gasteiger charge is -2.09. The van der Waals surface area contributed by atoms with Gasteiger partial charge in [-0.1, -0.05) is 6.07 Å². The van der Waals surface area contributed by atoms with E-state index >= 15 is 0 Å². The Morgan fingerprint density at radius 2 is 2.08 bits per heavy atom. The van der Waals surface area contributed by atoms with Crippen molar-refractivity contribution in [3.8, 4) is 0 Å². The Kier molecular flexibility index (Phi) is 5.41. The van der Waals surface area contributed by atoms with Gasteiger partial charge < -0.3 is 14.6 Å². The number of carbonyl (C=O) groups excluding carboxylic acids is 3. The molecular formula is C18H21N3O4S. The van der Waals surface area contributed by atoms with Crippen molar-refractivity contribution < 1.29 is 19.1 Å². The van der Waals surface area contributed by atoms with Crippen LogP contribution in [0.5, 0.6) is 0 Å². The molecule has 138 valence electrons. The summed E-state index contributed by atoms with van der Waals surface area (Å²) in [7, 11) is 0. The van der Waals surface area contributed by atoms with Gasteiger partial charge in [-0.2, -0.15) is 0 Å². The van der Waals surface area contributed by atoms with Crippen molar-refractivity contribution in [2.75, 3.05) is 6.61 Å². The molecule has 2 heterocycles. The molecule has 2 N–H and O–H groups in total. The predicted octanol–water partition coefficient (Wildman–Crippen LogP) is 2.36. The zero-order valence-electron chi connectivity index (χ0n) is 14.7. The van der Waals surface area contributed by atoms with Gasteiger partial charge in [0.15, 0.2) is 6.61 Å². The van der Waals surface area contributed by atoms with Gasteiger partial charge in [-0.3, -0.25) is 10.1 Å². The maximum atomic E-state index is 12.3. The number of nitrogens with zero attached hydrogens (tertiary/aromatic N) is 1. The number of hydrogen-bond donors (Lipinski definition) is 2. The van der Waals surface area contributed by atoms with Gasteiger partial charge in [-0.05, 0) is 44.2 Å². The molecule has 26 heavy (non-hydrogen) atoms. The van der Waals surface area contributed by atoms with Crippen molar-refractivity contribution >= 4 is 29.2 Å². The molecule has 0 spiro atoms. The highest BCUT2D eigenvalue weighted by molar-refractivity contribution is 7.09. The fourth-order valence-electron chi connectivity index (χ4n) is 2.63. The number of amides is 3. The Morgan fingerprint density at radius 3 is 2.73 bits per heavy atom. The van der Waals surface area contributed by atoms with Crippen LogP contribution in [-0.4, -0.2) is 35.1 Å². The number of carbonyl (C=O) groups is 3. The Bertz CT molecular complexity index is 822. The van der Waals surface area contributed by atoms with Crippen LogP contribution in [0.3, 0.4) is 0 Å². The van der Waals surface area contributed by atoms with E-state index in [9.17, 15) is 14.4 Å². The van der Waals surface area contributed by atoms with Crippen LogP contribution in [-0.2, 0) is 16.1 Å². The topological polar surface area (TPSA) is 89.4 Å². The number of urea groups is 1. The molecule has 0 saturated heterocycles. The molecule has 0 radical (unpaired) electrons. The number of thiophene rings is 1. The lowest BCUT2D eigenvalue weighted by molar-refractivity contribution is -0.123. The summed E-state index contributed by atoms with van der Waals surface area (Å²) in [5.41, 5.74) is 2.15. The Morgan fingerprint density at radius 1 is 1.31 bits per heavy atom. The monoisotopic (exact) mass is 375 g/mol. The molecule has 7 nitrogen and oxygen atoms in total.